The minimum Gasteiger partial charge on any atom is -0.380 e. The molecular weight excluding hydrogens is 322 g/mol. The zero-order valence-electron chi connectivity index (χ0n) is 10.4. The van der Waals surface area contributed by atoms with Gasteiger partial charge in [-0.3, -0.25) is 0 Å². The van der Waals surface area contributed by atoms with E-state index in [1.165, 1.54) is 4.88 Å². The minimum atomic E-state index is 0.384. The number of ether oxygens (including phenoxy) is 1. The third kappa shape index (κ3) is 5.26. The Morgan fingerprint density at radius 3 is 2.71 bits per heavy atom. The summed E-state index contributed by atoms with van der Waals surface area (Å²) in [6, 6.07) is 2.45. The number of thiophene rings is 1. The van der Waals surface area contributed by atoms with E-state index in [0.29, 0.717) is 12.0 Å². The molecule has 0 aromatic carbocycles. The lowest BCUT2D eigenvalue weighted by molar-refractivity contribution is 0.108. The fourth-order valence-corrected chi connectivity index (χ4v) is 3.18. The highest BCUT2D eigenvalue weighted by atomic mass is 79.9. The topological polar surface area (TPSA) is 21.3 Å². The second-order valence-corrected chi connectivity index (χ2v) is 6.82. The third-order valence-electron chi connectivity index (χ3n) is 2.54. The van der Waals surface area contributed by atoms with Crippen LogP contribution in [0, 0.1) is 5.92 Å². The van der Waals surface area contributed by atoms with E-state index in [4.69, 9.17) is 16.3 Å². The Hall–Kier alpha value is 0.390. The maximum absolute atomic E-state index is 6.01. The molecule has 0 spiro atoms. The molecule has 1 N–H and O–H groups in total. The third-order valence-corrected chi connectivity index (χ3v) is 5.02. The van der Waals surface area contributed by atoms with Gasteiger partial charge in [-0.15, -0.1) is 11.3 Å². The molecule has 0 bridgehead atoms. The molecule has 1 aromatic heterocycles. The summed E-state index contributed by atoms with van der Waals surface area (Å²) in [5, 5.41) is 3.52. The summed E-state index contributed by atoms with van der Waals surface area (Å²) in [5.74, 6) is 0.556. The highest BCUT2D eigenvalue weighted by Crippen LogP contribution is 2.31. The molecule has 98 valence electrons. The first-order valence-electron chi connectivity index (χ1n) is 5.79. The van der Waals surface area contributed by atoms with Crippen LogP contribution in [0.4, 0.5) is 0 Å². The van der Waals surface area contributed by atoms with Crippen LogP contribution in [0.2, 0.25) is 4.34 Å². The van der Waals surface area contributed by atoms with E-state index in [2.05, 4.69) is 41.2 Å². The quantitative estimate of drug-likeness (QED) is 0.798. The van der Waals surface area contributed by atoms with Crippen molar-refractivity contribution in [1.29, 1.82) is 0 Å². The van der Waals surface area contributed by atoms with Crippen molar-refractivity contribution >= 4 is 38.9 Å². The Morgan fingerprint density at radius 1 is 1.53 bits per heavy atom. The fraction of sp³-hybridized carbons (Fsp3) is 0.667. The highest BCUT2D eigenvalue weighted by molar-refractivity contribution is 9.10. The molecule has 0 amide bonds. The van der Waals surface area contributed by atoms with Crippen molar-refractivity contribution in [2.75, 3.05) is 13.2 Å². The molecule has 17 heavy (non-hydrogen) atoms. The van der Waals surface area contributed by atoms with Crippen LogP contribution in [0.25, 0.3) is 0 Å². The molecule has 0 saturated carbocycles. The van der Waals surface area contributed by atoms with Gasteiger partial charge in [-0.05, 0) is 34.8 Å². The first kappa shape index (κ1) is 15.4. The average Bonchev–Trinajstić information content (AvgIpc) is 2.58. The smallest absolute Gasteiger partial charge is 0.107 e. The summed E-state index contributed by atoms with van der Waals surface area (Å²) in [4.78, 5) is 1.24. The number of hydrogen-bond donors (Lipinski definition) is 1. The number of hydrogen-bond acceptors (Lipinski definition) is 3. The van der Waals surface area contributed by atoms with Crippen LogP contribution in [0.3, 0.4) is 0 Å². The molecule has 0 saturated heterocycles. The molecule has 0 aliphatic carbocycles. The largest absolute Gasteiger partial charge is 0.380 e. The number of halogens is 2. The molecule has 5 heteroatoms. The summed E-state index contributed by atoms with van der Waals surface area (Å²) in [7, 11) is 0. The fourth-order valence-electron chi connectivity index (χ4n) is 1.44. The van der Waals surface area contributed by atoms with Gasteiger partial charge in [0.2, 0.25) is 0 Å². The van der Waals surface area contributed by atoms with Gasteiger partial charge in [0.1, 0.15) is 4.34 Å². The molecule has 1 unspecified atom stereocenters. The molecule has 0 aliphatic rings. The van der Waals surface area contributed by atoms with Gasteiger partial charge in [-0.1, -0.05) is 25.4 Å². The van der Waals surface area contributed by atoms with Crippen molar-refractivity contribution in [3.63, 3.8) is 0 Å². The van der Waals surface area contributed by atoms with Gasteiger partial charge >= 0.3 is 0 Å². The summed E-state index contributed by atoms with van der Waals surface area (Å²) in [6.07, 6.45) is 0. The van der Waals surface area contributed by atoms with E-state index < -0.39 is 0 Å². The first-order chi connectivity index (χ1) is 8.04. The predicted molar refractivity (Wildman–Crippen MR) is 79.0 cm³/mol. The standard InChI is InChI=1S/C12H19BrClNOS/c1-4-16-7-11(8(2)3)15-6-9-5-10(13)12(14)17-9/h5,8,11,15H,4,6-7H2,1-3H3. The second-order valence-electron chi connectivity index (χ2n) is 4.23. The van der Waals surface area contributed by atoms with Gasteiger partial charge in [0.05, 0.1) is 6.61 Å². The van der Waals surface area contributed by atoms with Crippen LogP contribution < -0.4 is 5.32 Å². The molecule has 0 aliphatic heterocycles. The maximum Gasteiger partial charge on any atom is 0.107 e. The van der Waals surface area contributed by atoms with Crippen LogP contribution >= 0.6 is 38.9 Å². The van der Waals surface area contributed by atoms with Crippen molar-refractivity contribution in [3.8, 4) is 0 Å². The molecule has 0 radical (unpaired) electrons. The zero-order chi connectivity index (χ0) is 12.8. The van der Waals surface area contributed by atoms with E-state index in [1.54, 1.807) is 11.3 Å². The SMILES string of the molecule is CCOCC(NCc1cc(Br)c(Cl)s1)C(C)C. The van der Waals surface area contributed by atoms with Crippen LogP contribution in [0.1, 0.15) is 25.6 Å². The van der Waals surface area contributed by atoms with Gasteiger partial charge < -0.3 is 10.1 Å². The zero-order valence-corrected chi connectivity index (χ0v) is 13.6. The molecule has 1 heterocycles. The Bertz CT molecular complexity index is 324. The lowest BCUT2D eigenvalue weighted by Crippen LogP contribution is -2.37. The Kier molecular flexibility index (Phi) is 7.04. The summed E-state index contributed by atoms with van der Waals surface area (Å²) in [6.45, 7) is 8.79. The molecule has 1 atom stereocenters. The highest BCUT2D eigenvalue weighted by Gasteiger charge is 2.13. The summed E-state index contributed by atoms with van der Waals surface area (Å²) < 4.78 is 7.27. The van der Waals surface area contributed by atoms with Gasteiger partial charge in [0, 0.05) is 28.5 Å². The van der Waals surface area contributed by atoms with E-state index >= 15 is 0 Å². The number of rotatable bonds is 7. The van der Waals surface area contributed by atoms with Gasteiger partial charge in [0.15, 0.2) is 0 Å². The van der Waals surface area contributed by atoms with Crippen molar-refractivity contribution in [2.45, 2.75) is 33.4 Å². The second kappa shape index (κ2) is 7.74. The summed E-state index contributed by atoms with van der Waals surface area (Å²) >= 11 is 11.0. The molecule has 0 fully saturated rings. The van der Waals surface area contributed by atoms with Crippen LogP contribution in [0.5, 0.6) is 0 Å². The van der Waals surface area contributed by atoms with Gasteiger partial charge in [-0.2, -0.15) is 0 Å². The first-order valence-corrected chi connectivity index (χ1v) is 7.78. The van der Waals surface area contributed by atoms with Gasteiger partial charge in [-0.25, -0.2) is 0 Å². The summed E-state index contributed by atoms with van der Waals surface area (Å²) in [5.41, 5.74) is 0. The minimum absolute atomic E-state index is 0.384. The lowest BCUT2D eigenvalue weighted by Gasteiger charge is -2.21. The molecule has 2 nitrogen and oxygen atoms in total. The van der Waals surface area contributed by atoms with E-state index in [1.807, 2.05) is 6.92 Å². The Morgan fingerprint density at radius 2 is 2.24 bits per heavy atom. The van der Waals surface area contributed by atoms with Crippen LogP contribution in [-0.4, -0.2) is 19.3 Å². The molecule has 1 rings (SSSR count). The normalized spacial score (nSPS) is 13.3. The molecule has 1 aromatic rings. The molecular formula is C12H19BrClNOS. The Balaban J connectivity index is 2.45. The van der Waals surface area contributed by atoms with Crippen molar-refractivity contribution in [1.82, 2.24) is 5.32 Å². The van der Waals surface area contributed by atoms with E-state index in [0.717, 1.165) is 28.6 Å². The van der Waals surface area contributed by atoms with E-state index in [-0.39, 0.29) is 0 Å². The van der Waals surface area contributed by atoms with Gasteiger partial charge in [0.25, 0.3) is 0 Å². The van der Waals surface area contributed by atoms with Crippen molar-refractivity contribution in [2.24, 2.45) is 5.92 Å². The van der Waals surface area contributed by atoms with Crippen molar-refractivity contribution < 1.29 is 4.74 Å². The van der Waals surface area contributed by atoms with Crippen LogP contribution in [-0.2, 0) is 11.3 Å². The predicted octanol–water partition coefficient (Wildman–Crippen LogP) is 4.31. The van der Waals surface area contributed by atoms with Crippen LogP contribution in [0.15, 0.2) is 10.5 Å². The number of nitrogens with one attached hydrogen (secondary N) is 1. The maximum atomic E-state index is 6.01. The van der Waals surface area contributed by atoms with Crippen molar-refractivity contribution in [3.05, 3.63) is 19.8 Å². The lowest BCUT2D eigenvalue weighted by atomic mass is 10.1. The van der Waals surface area contributed by atoms with E-state index in [9.17, 15) is 0 Å². The average molecular weight is 341 g/mol. The monoisotopic (exact) mass is 339 g/mol. The Labute approximate surface area is 121 Å².